The Balaban J connectivity index is 1.41. The van der Waals surface area contributed by atoms with E-state index in [2.05, 4.69) is 15.3 Å². The zero-order chi connectivity index (χ0) is 19.1. The number of nitrogens with zero attached hydrogens (tertiary/aromatic N) is 4. The fourth-order valence-electron chi connectivity index (χ4n) is 3.38. The summed E-state index contributed by atoms with van der Waals surface area (Å²) >= 11 is 0. The Kier molecular flexibility index (Phi) is 3.69. The van der Waals surface area contributed by atoms with Crippen molar-refractivity contribution in [3.63, 3.8) is 0 Å². The lowest BCUT2D eigenvalue weighted by Crippen LogP contribution is -2.15. The molecule has 1 N–H and O–H groups in total. The topological polar surface area (TPSA) is 63.7 Å². The lowest BCUT2D eigenvalue weighted by atomic mass is 10.1. The van der Waals surface area contributed by atoms with Crippen molar-refractivity contribution in [1.82, 2.24) is 18.8 Å². The molecule has 0 spiro atoms. The zero-order valence-corrected chi connectivity index (χ0v) is 15.2. The van der Waals surface area contributed by atoms with Gasteiger partial charge in [-0.25, -0.2) is 9.97 Å². The van der Waals surface area contributed by atoms with Crippen LogP contribution in [0.15, 0.2) is 79.3 Å². The highest BCUT2D eigenvalue weighted by molar-refractivity contribution is 6.04. The number of pyridine rings is 2. The molecule has 5 aromatic rings. The van der Waals surface area contributed by atoms with Gasteiger partial charge in [0, 0.05) is 29.8 Å². The molecule has 1 aromatic carbocycles. The van der Waals surface area contributed by atoms with Crippen molar-refractivity contribution in [2.75, 3.05) is 5.32 Å². The van der Waals surface area contributed by atoms with Gasteiger partial charge in [-0.15, -0.1) is 0 Å². The number of imidazole rings is 2. The molecule has 0 saturated carbocycles. The van der Waals surface area contributed by atoms with Crippen LogP contribution in [-0.4, -0.2) is 24.7 Å². The molecule has 28 heavy (non-hydrogen) atoms. The number of amides is 1. The van der Waals surface area contributed by atoms with E-state index in [-0.39, 0.29) is 5.91 Å². The van der Waals surface area contributed by atoms with E-state index in [1.807, 2.05) is 90.6 Å². The van der Waals surface area contributed by atoms with E-state index in [4.69, 9.17) is 0 Å². The zero-order valence-electron chi connectivity index (χ0n) is 15.2. The Labute approximate surface area is 161 Å². The van der Waals surface area contributed by atoms with Crippen LogP contribution >= 0.6 is 0 Å². The maximum Gasteiger partial charge on any atom is 0.274 e. The fourth-order valence-corrected chi connectivity index (χ4v) is 3.38. The molecule has 0 aliphatic carbocycles. The second-order valence-electron chi connectivity index (χ2n) is 6.60. The summed E-state index contributed by atoms with van der Waals surface area (Å²) in [6.45, 7) is 1.84. The molecule has 0 aliphatic heterocycles. The summed E-state index contributed by atoms with van der Waals surface area (Å²) in [6.07, 6.45) is 5.81. The number of carbonyl (C=O) groups excluding carboxylic acids is 1. The highest BCUT2D eigenvalue weighted by atomic mass is 16.2. The average Bonchev–Trinajstić information content (AvgIpc) is 3.28. The van der Waals surface area contributed by atoms with Gasteiger partial charge in [0.15, 0.2) is 0 Å². The number of fused-ring (bicyclic) bond motifs is 2. The first-order chi connectivity index (χ1) is 13.7. The molecule has 136 valence electrons. The van der Waals surface area contributed by atoms with Crippen LogP contribution in [-0.2, 0) is 0 Å². The summed E-state index contributed by atoms with van der Waals surface area (Å²) in [6, 6.07) is 19.3. The van der Waals surface area contributed by atoms with Gasteiger partial charge in [-0.1, -0.05) is 24.3 Å². The number of nitrogens with one attached hydrogen (secondary N) is 1. The first kappa shape index (κ1) is 16.3. The Morgan fingerprint density at radius 1 is 0.893 bits per heavy atom. The summed E-state index contributed by atoms with van der Waals surface area (Å²) in [7, 11) is 0. The molecule has 0 bridgehead atoms. The SMILES string of the molecule is Cc1nc2ccccn2c1C(=O)Nc1ccc(-c2cn3ccccc3n2)cc1. The molecule has 6 nitrogen and oxygen atoms in total. The number of rotatable bonds is 3. The number of hydrogen-bond acceptors (Lipinski definition) is 3. The van der Waals surface area contributed by atoms with Crippen molar-refractivity contribution in [2.45, 2.75) is 6.92 Å². The number of aromatic nitrogens is 4. The smallest absolute Gasteiger partial charge is 0.274 e. The Morgan fingerprint density at radius 2 is 1.64 bits per heavy atom. The van der Waals surface area contributed by atoms with Crippen LogP contribution in [0.1, 0.15) is 16.2 Å². The monoisotopic (exact) mass is 367 g/mol. The molecule has 0 aliphatic rings. The van der Waals surface area contributed by atoms with Gasteiger partial charge in [-0.2, -0.15) is 0 Å². The average molecular weight is 367 g/mol. The number of benzene rings is 1. The maximum atomic E-state index is 12.8. The summed E-state index contributed by atoms with van der Waals surface area (Å²) in [5.41, 5.74) is 5.51. The predicted molar refractivity (Wildman–Crippen MR) is 109 cm³/mol. The van der Waals surface area contributed by atoms with Gasteiger partial charge in [-0.3, -0.25) is 9.20 Å². The molecule has 0 unspecified atom stereocenters. The Bertz CT molecular complexity index is 1280. The standard InChI is InChI=1S/C22H17N5O/c1-15-21(27-13-5-3-7-20(27)23-15)22(28)24-17-10-8-16(9-11-17)18-14-26-12-4-2-6-19(26)25-18/h2-14H,1H3,(H,24,28). The van der Waals surface area contributed by atoms with Gasteiger partial charge in [0.1, 0.15) is 17.0 Å². The van der Waals surface area contributed by atoms with Gasteiger partial charge in [-0.05, 0) is 43.3 Å². The summed E-state index contributed by atoms with van der Waals surface area (Å²) in [5, 5.41) is 2.96. The third kappa shape index (κ3) is 2.72. The molecule has 4 heterocycles. The summed E-state index contributed by atoms with van der Waals surface area (Å²) in [5.74, 6) is -0.184. The lowest BCUT2D eigenvalue weighted by molar-refractivity contribution is 0.102. The molecule has 0 saturated heterocycles. The number of hydrogen-bond donors (Lipinski definition) is 1. The quantitative estimate of drug-likeness (QED) is 0.520. The van der Waals surface area contributed by atoms with Crippen molar-refractivity contribution < 1.29 is 4.79 Å². The number of carbonyl (C=O) groups is 1. The third-order valence-corrected chi connectivity index (χ3v) is 4.72. The predicted octanol–water partition coefficient (Wildman–Crippen LogP) is 4.21. The highest BCUT2D eigenvalue weighted by Gasteiger charge is 2.16. The number of anilines is 1. The fraction of sp³-hybridized carbons (Fsp3) is 0.0455. The van der Waals surface area contributed by atoms with E-state index in [0.717, 1.165) is 28.2 Å². The van der Waals surface area contributed by atoms with Crippen molar-refractivity contribution in [2.24, 2.45) is 0 Å². The van der Waals surface area contributed by atoms with Crippen LogP contribution in [0.2, 0.25) is 0 Å². The van der Waals surface area contributed by atoms with E-state index >= 15 is 0 Å². The van der Waals surface area contributed by atoms with E-state index in [9.17, 15) is 4.79 Å². The minimum absolute atomic E-state index is 0.184. The van der Waals surface area contributed by atoms with Crippen LogP contribution in [0.25, 0.3) is 22.6 Å². The molecule has 0 fully saturated rings. The normalized spacial score (nSPS) is 11.2. The minimum Gasteiger partial charge on any atom is -0.321 e. The maximum absolute atomic E-state index is 12.8. The minimum atomic E-state index is -0.184. The lowest BCUT2D eigenvalue weighted by Gasteiger charge is -2.07. The first-order valence-electron chi connectivity index (χ1n) is 8.98. The van der Waals surface area contributed by atoms with Gasteiger partial charge in [0.25, 0.3) is 5.91 Å². The first-order valence-corrected chi connectivity index (χ1v) is 8.98. The van der Waals surface area contributed by atoms with Crippen LogP contribution in [0.3, 0.4) is 0 Å². The largest absolute Gasteiger partial charge is 0.321 e. The second kappa shape index (κ2) is 6.35. The van der Waals surface area contributed by atoms with Crippen LogP contribution < -0.4 is 5.32 Å². The van der Waals surface area contributed by atoms with Crippen LogP contribution in [0.4, 0.5) is 5.69 Å². The molecule has 4 aromatic heterocycles. The van der Waals surface area contributed by atoms with E-state index in [1.54, 1.807) is 4.40 Å². The van der Waals surface area contributed by atoms with Gasteiger partial charge in [0.05, 0.1) is 11.4 Å². The Hall–Kier alpha value is -3.93. The van der Waals surface area contributed by atoms with Gasteiger partial charge < -0.3 is 9.72 Å². The third-order valence-electron chi connectivity index (χ3n) is 4.72. The summed E-state index contributed by atoms with van der Waals surface area (Å²) < 4.78 is 3.79. The Morgan fingerprint density at radius 3 is 2.43 bits per heavy atom. The van der Waals surface area contributed by atoms with Gasteiger partial charge in [0.2, 0.25) is 0 Å². The molecular formula is C22H17N5O. The number of aryl methyl sites for hydroxylation is 1. The molecule has 0 radical (unpaired) electrons. The van der Waals surface area contributed by atoms with Gasteiger partial charge >= 0.3 is 0 Å². The van der Waals surface area contributed by atoms with Crippen molar-refractivity contribution >= 4 is 22.9 Å². The highest BCUT2D eigenvalue weighted by Crippen LogP contribution is 2.22. The molecule has 5 rings (SSSR count). The molecule has 6 heteroatoms. The van der Waals surface area contributed by atoms with Crippen molar-refractivity contribution in [3.05, 3.63) is 90.6 Å². The van der Waals surface area contributed by atoms with Crippen LogP contribution in [0.5, 0.6) is 0 Å². The van der Waals surface area contributed by atoms with Crippen molar-refractivity contribution in [3.8, 4) is 11.3 Å². The van der Waals surface area contributed by atoms with Crippen LogP contribution in [0, 0.1) is 6.92 Å². The second-order valence-corrected chi connectivity index (χ2v) is 6.60. The van der Waals surface area contributed by atoms with E-state index in [1.165, 1.54) is 0 Å². The summed E-state index contributed by atoms with van der Waals surface area (Å²) in [4.78, 5) is 21.9. The molecule has 0 atom stereocenters. The van der Waals surface area contributed by atoms with E-state index < -0.39 is 0 Å². The molecular weight excluding hydrogens is 350 g/mol. The van der Waals surface area contributed by atoms with Crippen molar-refractivity contribution in [1.29, 1.82) is 0 Å². The van der Waals surface area contributed by atoms with E-state index in [0.29, 0.717) is 11.4 Å². The molecule has 1 amide bonds.